The molecule has 15 heteroatoms. The number of halogens is 3. The SMILES string of the molecule is CC(C)(C)OC(=O)n1nc(-c2cccc(C(F)(F)F)c2)c2cc(N3C[C@@H]4OC(C)(C)O[C@H]4CN(Cc4cccc([N+](=O)[O-])c4)C3=O)ccc21. The number of nitro groups is 1. The maximum atomic E-state index is 14.3. The number of aromatic nitrogens is 2. The molecular formula is C34H34F3N5O7. The third-order valence-corrected chi connectivity index (χ3v) is 8.05. The highest BCUT2D eigenvalue weighted by Gasteiger charge is 2.47. The van der Waals surface area contributed by atoms with Crippen molar-refractivity contribution in [1.82, 2.24) is 14.7 Å². The Kier molecular flexibility index (Phi) is 8.39. The molecule has 3 heterocycles. The minimum absolute atomic E-state index is 0.0261. The molecule has 0 spiro atoms. The molecule has 4 aromatic rings. The zero-order chi connectivity index (χ0) is 35.5. The second-order valence-electron chi connectivity index (χ2n) is 13.4. The first-order valence-electron chi connectivity index (χ1n) is 15.5. The van der Waals surface area contributed by atoms with Crippen molar-refractivity contribution in [3.05, 3.63) is 88.0 Å². The standard InChI is InChI=1S/C34H34F3N5O7/c1-32(2,3)49-31(44)41-26-13-12-23(16-25(26)29(38-41)21-9-7-10-22(15-21)34(35,36)37)40-19-28-27(47-33(4,5)48-28)18-39(30(40)43)17-20-8-6-11-24(14-20)42(45)46/h6-16,27-28H,17-19H2,1-5H3/t27-,28-/m0/s1. The van der Waals surface area contributed by atoms with Gasteiger partial charge >= 0.3 is 18.3 Å². The van der Waals surface area contributed by atoms with E-state index in [1.54, 1.807) is 65.0 Å². The van der Waals surface area contributed by atoms with E-state index in [0.29, 0.717) is 16.6 Å². The Morgan fingerprint density at radius 1 is 1.02 bits per heavy atom. The Balaban J connectivity index is 1.46. The molecule has 2 atom stereocenters. The van der Waals surface area contributed by atoms with Gasteiger partial charge in [0.1, 0.15) is 23.5 Å². The van der Waals surface area contributed by atoms with Gasteiger partial charge in [0.2, 0.25) is 0 Å². The number of urea groups is 1. The average molecular weight is 682 g/mol. The van der Waals surface area contributed by atoms with Crippen molar-refractivity contribution in [3.8, 4) is 11.3 Å². The number of hydrogen-bond acceptors (Lipinski definition) is 8. The Bertz CT molecular complexity index is 1950. The molecule has 6 rings (SSSR count). The van der Waals surface area contributed by atoms with Crippen molar-refractivity contribution in [2.75, 3.05) is 18.0 Å². The first-order chi connectivity index (χ1) is 22.9. The fraction of sp³-hybridized carbons (Fsp3) is 0.382. The number of anilines is 1. The topological polar surface area (TPSA) is 129 Å². The predicted octanol–water partition coefficient (Wildman–Crippen LogP) is 7.38. The number of nitrogens with zero attached hydrogens (tertiary/aromatic N) is 5. The van der Waals surface area contributed by atoms with Crippen LogP contribution in [0.1, 0.15) is 45.7 Å². The second-order valence-corrected chi connectivity index (χ2v) is 13.4. The van der Waals surface area contributed by atoms with Crippen LogP contribution in [-0.2, 0) is 26.9 Å². The average Bonchev–Trinajstić information content (AvgIpc) is 3.50. The molecule has 49 heavy (non-hydrogen) atoms. The van der Waals surface area contributed by atoms with E-state index in [0.717, 1.165) is 16.8 Å². The Morgan fingerprint density at radius 2 is 1.71 bits per heavy atom. The highest BCUT2D eigenvalue weighted by Crippen LogP contribution is 2.38. The number of amides is 2. The Morgan fingerprint density at radius 3 is 2.39 bits per heavy atom. The van der Waals surface area contributed by atoms with Crippen molar-refractivity contribution in [3.63, 3.8) is 0 Å². The van der Waals surface area contributed by atoms with E-state index >= 15 is 0 Å². The third kappa shape index (κ3) is 7.08. The molecule has 2 saturated heterocycles. The van der Waals surface area contributed by atoms with Gasteiger partial charge < -0.3 is 19.1 Å². The molecule has 0 N–H and O–H groups in total. The predicted molar refractivity (Wildman–Crippen MR) is 172 cm³/mol. The van der Waals surface area contributed by atoms with Gasteiger partial charge in [-0.05, 0) is 70.5 Å². The maximum Gasteiger partial charge on any atom is 0.435 e. The van der Waals surface area contributed by atoms with Gasteiger partial charge in [-0.3, -0.25) is 15.0 Å². The number of ether oxygens (including phenoxy) is 3. The zero-order valence-corrected chi connectivity index (χ0v) is 27.4. The number of rotatable bonds is 5. The molecule has 3 aromatic carbocycles. The number of fused-ring (bicyclic) bond motifs is 2. The lowest BCUT2D eigenvalue weighted by molar-refractivity contribution is -0.384. The van der Waals surface area contributed by atoms with Crippen molar-refractivity contribution < 1.29 is 41.9 Å². The number of hydrogen-bond donors (Lipinski definition) is 0. The van der Waals surface area contributed by atoms with E-state index in [4.69, 9.17) is 14.2 Å². The van der Waals surface area contributed by atoms with Crippen molar-refractivity contribution >= 4 is 34.4 Å². The van der Waals surface area contributed by atoms with E-state index < -0.39 is 52.4 Å². The maximum absolute atomic E-state index is 14.3. The summed E-state index contributed by atoms with van der Waals surface area (Å²) in [5.41, 5.74) is -0.598. The van der Waals surface area contributed by atoms with Gasteiger partial charge in [0.15, 0.2) is 5.79 Å². The Hall–Kier alpha value is -5.02. The van der Waals surface area contributed by atoms with Gasteiger partial charge in [-0.1, -0.05) is 24.3 Å². The van der Waals surface area contributed by atoms with E-state index in [1.165, 1.54) is 34.1 Å². The summed E-state index contributed by atoms with van der Waals surface area (Å²) in [6.07, 6.45) is -6.54. The molecule has 258 valence electrons. The molecule has 0 unspecified atom stereocenters. The largest absolute Gasteiger partial charge is 0.442 e. The summed E-state index contributed by atoms with van der Waals surface area (Å²) in [4.78, 5) is 41.4. The van der Waals surface area contributed by atoms with Crippen LogP contribution in [0.2, 0.25) is 0 Å². The number of carbonyl (C=O) groups is 2. The summed E-state index contributed by atoms with van der Waals surface area (Å²) < 4.78 is 60.0. The van der Waals surface area contributed by atoms with Gasteiger partial charge in [0.25, 0.3) is 5.69 Å². The summed E-state index contributed by atoms with van der Waals surface area (Å²) in [6, 6.07) is 14.9. The van der Waals surface area contributed by atoms with E-state index in [2.05, 4.69) is 5.10 Å². The second kappa shape index (κ2) is 12.1. The number of carbonyl (C=O) groups excluding carboxylic acids is 2. The first kappa shape index (κ1) is 33.9. The van der Waals surface area contributed by atoms with Crippen LogP contribution in [-0.4, -0.2) is 68.4 Å². The van der Waals surface area contributed by atoms with Crippen molar-refractivity contribution in [1.29, 1.82) is 0 Å². The molecular weight excluding hydrogens is 647 g/mol. The number of alkyl halides is 3. The smallest absolute Gasteiger partial charge is 0.435 e. The number of nitro benzene ring substituents is 1. The van der Waals surface area contributed by atoms with Crippen LogP contribution in [0.4, 0.5) is 34.1 Å². The molecule has 2 fully saturated rings. The van der Waals surface area contributed by atoms with Crippen molar-refractivity contribution in [2.24, 2.45) is 0 Å². The summed E-state index contributed by atoms with van der Waals surface area (Å²) in [6.45, 7) is 8.76. The highest BCUT2D eigenvalue weighted by atomic mass is 19.4. The summed E-state index contributed by atoms with van der Waals surface area (Å²) >= 11 is 0. The van der Waals surface area contributed by atoms with Crippen LogP contribution < -0.4 is 4.90 Å². The fourth-order valence-corrected chi connectivity index (χ4v) is 6.05. The minimum atomic E-state index is -4.63. The van der Waals surface area contributed by atoms with Crippen LogP contribution in [0.5, 0.6) is 0 Å². The zero-order valence-electron chi connectivity index (χ0n) is 27.4. The van der Waals surface area contributed by atoms with Gasteiger partial charge in [0, 0.05) is 35.3 Å². The normalized spacial score (nSPS) is 19.6. The third-order valence-electron chi connectivity index (χ3n) is 8.05. The number of non-ortho nitro benzene ring substituents is 1. The lowest BCUT2D eigenvalue weighted by atomic mass is 10.0. The van der Waals surface area contributed by atoms with Crippen LogP contribution >= 0.6 is 0 Å². The van der Waals surface area contributed by atoms with Crippen LogP contribution in [0, 0.1) is 10.1 Å². The quantitative estimate of drug-likeness (QED) is 0.158. The molecule has 12 nitrogen and oxygen atoms in total. The lowest BCUT2D eigenvalue weighted by Gasteiger charge is -2.30. The van der Waals surface area contributed by atoms with Gasteiger partial charge in [-0.2, -0.15) is 23.0 Å². The molecule has 2 aliphatic heterocycles. The van der Waals surface area contributed by atoms with E-state index in [9.17, 15) is 32.9 Å². The van der Waals surface area contributed by atoms with E-state index in [-0.39, 0.29) is 42.1 Å². The molecule has 1 aromatic heterocycles. The van der Waals surface area contributed by atoms with Gasteiger partial charge in [-0.25, -0.2) is 9.59 Å². The molecule has 2 amide bonds. The monoisotopic (exact) mass is 681 g/mol. The van der Waals surface area contributed by atoms with E-state index in [1.807, 2.05) is 0 Å². The van der Waals surface area contributed by atoms with Crippen LogP contribution in [0.25, 0.3) is 22.2 Å². The fourth-order valence-electron chi connectivity index (χ4n) is 6.05. The summed E-state index contributed by atoms with van der Waals surface area (Å²) in [5.74, 6) is -0.951. The Labute approximate surface area is 279 Å². The summed E-state index contributed by atoms with van der Waals surface area (Å²) in [7, 11) is 0. The lowest BCUT2D eigenvalue weighted by Crippen LogP contribution is -2.43. The summed E-state index contributed by atoms with van der Waals surface area (Å²) in [5, 5.41) is 16.1. The first-order valence-corrected chi connectivity index (χ1v) is 15.5. The van der Waals surface area contributed by atoms with Crippen LogP contribution in [0.3, 0.4) is 0 Å². The highest BCUT2D eigenvalue weighted by molar-refractivity contribution is 6.02. The minimum Gasteiger partial charge on any atom is -0.442 e. The molecule has 0 bridgehead atoms. The van der Waals surface area contributed by atoms with Crippen LogP contribution in [0.15, 0.2) is 66.7 Å². The molecule has 0 aliphatic carbocycles. The van der Waals surface area contributed by atoms with Gasteiger partial charge in [0.05, 0.1) is 29.1 Å². The molecule has 0 saturated carbocycles. The van der Waals surface area contributed by atoms with Crippen molar-refractivity contribution in [2.45, 2.75) is 70.9 Å². The number of benzene rings is 3. The molecule has 2 aliphatic rings. The van der Waals surface area contributed by atoms with Gasteiger partial charge in [-0.15, -0.1) is 0 Å². The molecule has 0 radical (unpaired) electrons.